The van der Waals surface area contributed by atoms with Gasteiger partial charge in [0.2, 0.25) is 0 Å². The Balaban J connectivity index is 1.42. The maximum Gasteiger partial charge on any atom is 0.303 e. The molecule has 1 N–H and O–H groups in total. The zero-order valence-corrected chi connectivity index (χ0v) is 18.5. The van der Waals surface area contributed by atoms with Gasteiger partial charge < -0.3 is 14.7 Å². The first-order valence-electron chi connectivity index (χ1n) is 11.3. The Morgan fingerprint density at radius 1 is 1.09 bits per heavy atom. The van der Waals surface area contributed by atoms with E-state index >= 15 is 0 Å². The highest BCUT2D eigenvalue weighted by molar-refractivity contribution is 6.07. The van der Waals surface area contributed by atoms with Gasteiger partial charge in [-0.05, 0) is 71.4 Å². The number of halogens is 1. The van der Waals surface area contributed by atoms with Crippen molar-refractivity contribution in [3.63, 3.8) is 0 Å². The number of rotatable bonds is 4. The zero-order valence-electron chi connectivity index (χ0n) is 18.5. The van der Waals surface area contributed by atoms with E-state index in [0.29, 0.717) is 29.4 Å². The molecule has 0 saturated carbocycles. The summed E-state index contributed by atoms with van der Waals surface area (Å²) < 4.78 is 19.7. The quantitative estimate of drug-likeness (QED) is 0.603. The molecule has 3 aromatic rings. The molecule has 1 fully saturated rings. The molecule has 33 heavy (non-hydrogen) atoms. The van der Waals surface area contributed by atoms with Crippen LogP contribution in [-0.4, -0.2) is 42.1 Å². The number of amides is 1. The van der Waals surface area contributed by atoms with Gasteiger partial charge in [-0.25, -0.2) is 4.39 Å². The lowest BCUT2D eigenvalue weighted by Crippen LogP contribution is -2.44. The van der Waals surface area contributed by atoms with E-state index in [-0.39, 0.29) is 29.5 Å². The first-order valence-corrected chi connectivity index (χ1v) is 11.3. The monoisotopic (exact) mass is 447 g/mol. The van der Waals surface area contributed by atoms with Crippen LogP contribution in [0.1, 0.15) is 53.1 Å². The van der Waals surface area contributed by atoms with Gasteiger partial charge in [0, 0.05) is 24.0 Å². The molecule has 2 aliphatic rings. The Morgan fingerprint density at radius 2 is 1.82 bits per heavy atom. The molecule has 0 bridgehead atoms. The van der Waals surface area contributed by atoms with E-state index in [0.717, 1.165) is 36.1 Å². The summed E-state index contributed by atoms with van der Waals surface area (Å²) in [4.78, 5) is 26.7. The third-order valence-electron chi connectivity index (χ3n) is 7.44. The first kappa shape index (κ1) is 21.4. The van der Waals surface area contributed by atoms with Crippen molar-refractivity contribution in [2.24, 2.45) is 0 Å². The number of carbonyl (C=O) groups is 2. The van der Waals surface area contributed by atoms with Gasteiger partial charge in [-0.1, -0.05) is 30.3 Å². The van der Waals surface area contributed by atoms with Crippen molar-refractivity contribution in [2.75, 3.05) is 20.2 Å². The molecule has 1 atom stereocenters. The van der Waals surface area contributed by atoms with Crippen LogP contribution in [0.2, 0.25) is 0 Å². The van der Waals surface area contributed by atoms with Crippen molar-refractivity contribution in [1.82, 2.24) is 4.90 Å². The lowest BCUT2D eigenvalue weighted by molar-refractivity contribution is -0.137. The summed E-state index contributed by atoms with van der Waals surface area (Å²) >= 11 is 0. The molecular formula is C27H26FNO4. The van der Waals surface area contributed by atoms with Crippen molar-refractivity contribution >= 4 is 22.6 Å². The summed E-state index contributed by atoms with van der Waals surface area (Å²) in [6, 6.07) is 15.9. The molecule has 1 unspecified atom stereocenters. The largest absolute Gasteiger partial charge is 0.497 e. The van der Waals surface area contributed by atoms with Crippen molar-refractivity contribution in [2.45, 2.75) is 37.0 Å². The number of aliphatic carboxylic acids is 1. The van der Waals surface area contributed by atoms with Crippen molar-refractivity contribution in [3.8, 4) is 5.75 Å². The summed E-state index contributed by atoms with van der Waals surface area (Å²) in [6.07, 6.45) is 2.39. The van der Waals surface area contributed by atoms with Gasteiger partial charge in [0.05, 0.1) is 13.5 Å². The van der Waals surface area contributed by atoms with Gasteiger partial charge >= 0.3 is 5.97 Å². The van der Waals surface area contributed by atoms with Crippen LogP contribution in [0, 0.1) is 5.82 Å². The van der Waals surface area contributed by atoms with E-state index in [1.807, 2.05) is 29.2 Å². The van der Waals surface area contributed by atoms with Gasteiger partial charge in [0.15, 0.2) is 0 Å². The molecule has 170 valence electrons. The predicted molar refractivity (Wildman–Crippen MR) is 123 cm³/mol. The number of likely N-dealkylation sites (tertiary alicyclic amines) is 1. The molecule has 6 heteroatoms. The molecule has 1 aliphatic carbocycles. The summed E-state index contributed by atoms with van der Waals surface area (Å²) in [7, 11) is 1.63. The van der Waals surface area contributed by atoms with Crippen LogP contribution in [0.4, 0.5) is 4.39 Å². The maximum absolute atomic E-state index is 14.2. The Bertz CT molecular complexity index is 1250. The molecule has 5 rings (SSSR count). The van der Waals surface area contributed by atoms with Crippen LogP contribution in [0.5, 0.6) is 5.75 Å². The number of piperidine rings is 1. The van der Waals surface area contributed by atoms with Crippen LogP contribution in [0.25, 0.3) is 10.8 Å². The number of carbonyl (C=O) groups excluding carboxylic acids is 1. The van der Waals surface area contributed by atoms with E-state index < -0.39 is 5.97 Å². The average Bonchev–Trinajstić information content (AvgIpc) is 3.11. The third kappa shape index (κ3) is 3.63. The number of hydrogen-bond donors (Lipinski definition) is 1. The standard InChI is InChI=1S/C27H26FNO4/c1-33-18-6-7-19-17(14-25(30)31)16-27(23(19)15-18)10-12-29(13-11-27)26(32)22-8-9-24(28)21-5-3-2-4-20(21)22/h2-9,15,17H,10-14,16H2,1H3,(H,30,31). The van der Waals surface area contributed by atoms with E-state index in [1.54, 1.807) is 31.4 Å². The molecule has 0 radical (unpaired) electrons. The van der Waals surface area contributed by atoms with E-state index in [4.69, 9.17) is 4.74 Å². The van der Waals surface area contributed by atoms with E-state index in [9.17, 15) is 19.1 Å². The van der Waals surface area contributed by atoms with Crippen LogP contribution >= 0.6 is 0 Å². The minimum Gasteiger partial charge on any atom is -0.497 e. The summed E-state index contributed by atoms with van der Waals surface area (Å²) in [6.45, 7) is 1.14. The highest BCUT2D eigenvalue weighted by atomic mass is 19.1. The van der Waals surface area contributed by atoms with Crippen LogP contribution < -0.4 is 4.74 Å². The van der Waals surface area contributed by atoms with Gasteiger partial charge in [-0.2, -0.15) is 0 Å². The molecule has 1 aliphatic heterocycles. The van der Waals surface area contributed by atoms with Crippen LogP contribution in [0.15, 0.2) is 54.6 Å². The lowest BCUT2D eigenvalue weighted by atomic mass is 9.73. The Morgan fingerprint density at radius 3 is 2.52 bits per heavy atom. The van der Waals surface area contributed by atoms with Gasteiger partial charge in [0.1, 0.15) is 11.6 Å². The predicted octanol–water partition coefficient (Wildman–Crippen LogP) is 5.12. The molecule has 1 amide bonds. The maximum atomic E-state index is 14.2. The highest BCUT2D eigenvalue weighted by Gasteiger charge is 2.46. The number of hydrogen-bond acceptors (Lipinski definition) is 3. The number of nitrogens with zero attached hydrogens (tertiary/aromatic N) is 1. The smallest absolute Gasteiger partial charge is 0.303 e. The number of carboxylic acid groups (broad SMARTS) is 1. The normalized spacial score (nSPS) is 19.0. The molecular weight excluding hydrogens is 421 g/mol. The average molecular weight is 448 g/mol. The van der Waals surface area contributed by atoms with Gasteiger partial charge in [-0.15, -0.1) is 0 Å². The van der Waals surface area contributed by atoms with Gasteiger partial charge in [-0.3, -0.25) is 9.59 Å². The number of fused-ring (bicyclic) bond motifs is 3. The lowest BCUT2D eigenvalue weighted by Gasteiger charge is -2.40. The molecule has 1 spiro atoms. The molecule has 1 heterocycles. The Kier molecular flexibility index (Phi) is 5.31. The third-order valence-corrected chi connectivity index (χ3v) is 7.44. The molecule has 0 aromatic heterocycles. The topological polar surface area (TPSA) is 66.8 Å². The van der Waals surface area contributed by atoms with Crippen molar-refractivity contribution in [1.29, 1.82) is 0 Å². The second-order valence-corrected chi connectivity index (χ2v) is 9.17. The fourth-order valence-electron chi connectivity index (χ4n) is 5.79. The second-order valence-electron chi connectivity index (χ2n) is 9.17. The number of ether oxygens (including phenoxy) is 1. The number of methoxy groups -OCH3 is 1. The number of benzene rings is 3. The van der Waals surface area contributed by atoms with E-state index in [2.05, 4.69) is 0 Å². The minimum absolute atomic E-state index is 0.0355. The molecule has 1 saturated heterocycles. The summed E-state index contributed by atoms with van der Waals surface area (Å²) in [5.74, 6) is -0.491. The SMILES string of the molecule is COc1ccc2c(c1)C1(CCN(C(=O)c3ccc(F)c4ccccc34)CC1)CC2CC(=O)O. The molecule has 5 nitrogen and oxygen atoms in total. The first-order chi connectivity index (χ1) is 15.9. The second kappa shape index (κ2) is 8.18. The summed E-state index contributed by atoms with van der Waals surface area (Å²) in [5, 5.41) is 10.5. The fraction of sp³-hybridized carbons (Fsp3) is 0.333. The van der Waals surface area contributed by atoms with Crippen LogP contribution in [0.3, 0.4) is 0 Å². The number of carboxylic acids is 1. The van der Waals surface area contributed by atoms with Crippen molar-refractivity contribution < 1.29 is 23.8 Å². The van der Waals surface area contributed by atoms with Gasteiger partial charge in [0.25, 0.3) is 5.91 Å². The summed E-state index contributed by atoms with van der Waals surface area (Å²) in [5.41, 5.74) is 2.60. The zero-order chi connectivity index (χ0) is 23.2. The Labute approximate surface area is 191 Å². The Hall–Kier alpha value is -3.41. The van der Waals surface area contributed by atoms with Crippen LogP contribution in [-0.2, 0) is 10.2 Å². The highest BCUT2D eigenvalue weighted by Crippen LogP contribution is 2.53. The van der Waals surface area contributed by atoms with E-state index in [1.165, 1.54) is 6.07 Å². The fourth-order valence-corrected chi connectivity index (χ4v) is 5.79. The van der Waals surface area contributed by atoms with Crippen molar-refractivity contribution in [3.05, 3.63) is 77.1 Å². The molecule has 3 aromatic carbocycles. The minimum atomic E-state index is -0.797.